The van der Waals surface area contributed by atoms with Gasteiger partial charge in [-0.3, -0.25) is 4.79 Å². The smallest absolute Gasteiger partial charge is 0.303 e. The summed E-state index contributed by atoms with van der Waals surface area (Å²) >= 11 is 2.18. The SMILES string of the molecule is O=C(O)CCC/C=C\C[C@H]1[C@@H](CCC(O)Cc2ccccc2)[C@H]2CC[C@@H]1S2. The number of unbranched alkanes of at least 4 members (excludes halogenated alkanes) is 1. The highest BCUT2D eigenvalue weighted by atomic mass is 32.2. The van der Waals surface area contributed by atoms with Crippen LogP contribution in [0.15, 0.2) is 42.5 Å². The predicted octanol–water partition coefficient (Wildman–Crippen LogP) is 5.08. The summed E-state index contributed by atoms with van der Waals surface area (Å²) in [4.78, 5) is 10.6. The maximum absolute atomic E-state index is 10.6. The molecule has 2 fully saturated rings. The maximum Gasteiger partial charge on any atom is 0.303 e. The van der Waals surface area contributed by atoms with Crippen molar-refractivity contribution in [3.63, 3.8) is 0 Å². The van der Waals surface area contributed by atoms with Crippen LogP contribution in [0.2, 0.25) is 0 Å². The number of aliphatic hydroxyl groups is 1. The van der Waals surface area contributed by atoms with Crippen LogP contribution in [-0.4, -0.2) is 32.8 Å². The second-order valence-corrected chi connectivity index (χ2v) is 9.52. The second kappa shape index (κ2) is 10.3. The Hall–Kier alpha value is -1.26. The van der Waals surface area contributed by atoms with Crippen LogP contribution < -0.4 is 0 Å². The van der Waals surface area contributed by atoms with E-state index in [-0.39, 0.29) is 12.5 Å². The van der Waals surface area contributed by atoms with E-state index in [1.807, 2.05) is 18.2 Å². The first-order valence-corrected chi connectivity index (χ1v) is 11.3. The molecule has 1 unspecified atom stereocenters. The van der Waals surface area contributed by atoms with E-state index < -0.39 is 5.97 Å². The van der Waals surface area contributed by atoms with Crippen LogP contribution in [0.3, 0.4) is 0 Å². The van der Waals surface area contributed by atoms with Gasteiger partial charge in [-0.25, -0.2) is 0 Å². The molecule has 2 aliphatic rings. The lowest BCUT2D eigenvalue weighted by Crippen LogP contribution is -2.28. The Kier molecular flexibility index (Phi) is 7.83. The molecular weight excluding hydrogens is 356 g/mol. The number of thioether (sulfide) groups is 1. The molecule has 3 rings (SSSR count). The fourth-order valence-corrected chi connectivity index (χ4v) is 6.76. The summed E-state index contributed by atoms with van der Waals surface area (Å²) < 4.78 is 0. The molecule has 2 bridgehead atoms. The van der Waals surface area contributed by atoms with Crippen molar-refractivity contribution in [1.29, 1.82) is 0 Å². The molecule has 0 aromatic heterocycles. The van der Waals surface area contributed by atoms with Gasteiger partial charge < -0.3 is 10.2 Å². The summed E-state index contributed by atoms with van der Waals surface area (Å²) in [7, 11) is 0. The lowest BCUT2D eigenvalue weighted by Gasteiger charge is -2.29. The first-order valence-electron chi connectivity index (χ1n) is 10.4. The van der Waals surface area contributed by atoms with E-state index in [4.69, 9.17) is 5.11 Å². The Bertz CT molecular complexity index is 615. The molecular formula is C23H32O3S. The van der Waals surface area contributed by atoms with Crippen LogP contribution in [0.25, 0.3) is 0 Å². The minimum Gasteiger partial charge on any atom is -0.481 e. The topological polar surface area (TPSA) is 57.5 Å². The van der Waals surface area contributed by atoms with Crippen molar-refractivity contribution < 1.29 is 15.0 Å². The van der Waals surface area contributed by atoms with Gasteiger partial charge in [0.25, 0.3) is 0 Å². The second-order valence-electron chi connectivity index (χ2n) is 8.03. The van der Waals surface area contributed by atoms with Gasteiger partial charge in [0, 0.05) is 16.9 Å². The van der Waals surface area contributed by atoms with E-state index in [2.05, 4.69) is 36.0 Å². The number of carboxylic acid groups (broad SMARTS) is 1. The van der Waals surface area contributed by atoms with Crippen LogP contribution in [0.4, 0.5) is 0 Å². The molecule has 1 aromatic carbocycles. The van der Waals surface area contributed by atoms with E-state index in [1.54, 1.807) is 0 Å². The first-order chi connectivity index (χ1) is 13.1. The lowest BCUT2D eigenvalue weighted by molar-refractivity contribution is -0.137. The summed E-state index contributed by atoms with van der Waals surface area (Å²) in [6, 6.07) is 10.3. The Morgan fingerprint density at radius 3 is 2.63 bits per heavy atom. The molecule has 0 spiro atoms. The number of fused-ring (bicyclic) bond motifs is 2. The maximum atomic E-state index is 10.6. The van der Waals surface area contributed by atoms with Crippen LogP contribution in [0.5, 0.6) is 0 Å². The highest BCUT2D eigenvalue weighted by Crippen LogP contribution is 2.55. The lowest BCUT2D eigenvalue weighted by atomic mass is 9.75. The molecule has 27 heavy (non-hydrogen) atoms. The number of aliphatic carboxylic acids is 1. The third-order valence-electron chi connectivity index (χ3n) is 6.07. The first kappa shape index (κ1) is 20.5. The van der Waals surface area contributed by atoms with Gasteiger partial charge >= 0.3 is 5.97 Å². The van der Waals surface area contributed by atoms with Crippen LogP contribution >= 0.6 is 11.8 Å². The summed E-state index contributed by atoms with van der Waals surface area (Å²) in [6.07, 6.45) is 12.6. The fraction of sp³-hybridized carbons (Fsp3) is 0.609. The molecule has 2 N–H and O–H groups in total. The van der Waals surface area contributed by atoms with Gasteiger partial charge in [-0.15, -0.1) is 0 Å². The average Bonchev–Trinajstić information content (AvgIpc) is 3.25. The molecule has 0 radical (unpaired) electrons. The van der Waals surface area contributed by atoms with E-state index >= 15 is 0 Å². The highest BCUT2D eigenvalue weighted by Gasteiger charge is 2.47. The van der Waals surface area contributed by atoms with Crippen molar-refractivity contribution in [2.45, 2.75) is 74.4 Å². The number of rotatable bonds is 11. The summed E-state index contributed by atoms with van der Waals surface area (Å²) in [6.45, 7) is 0. The van der Waals surface area contributed by atoms with Gasteiger partial charge in [0.05, 0.1) is 6.10 Å². The molecule has 2 saturated heterocycles. The third-order valence-corrected chi connectivity index (χ3v) is 7.94. The molecule has 3 nitrogen and oxygen atoms in total. The minimum absolute atomic E-state index is 0.247. The zero-order chi connectivity index (χ0) is 19.1. The monoisotopic (exact) mass is 388 g/mol. The number of allylic oxidation sites excluding steroid dienone is 2. The van der Waals surface area contributed by atoms with Crippen LogP contribution in [-0.2, 0) is 11.2 Å². The average molecular weight is 389 g/mol. The number of hydrogen-bond donors (Lipinski definition) is 2. The van der Waals surface area contributed by atoms with Crippen molar-refractivity contribution in [1.82, 2.24) is 0 Å². The van der Waals surface area contributed by atoms with E-state index in [1.165, 1.54) is 18.4 Å². The van der Waals surface area contributed by atoms with Gasteiger partial charge in [0.1, 0.15) is 0 Å². The van der Waals surface area contributed by atoms with Gasteiger partial charge in [-0.05, 0) is 68.8 Å². The zero-order valence-electron chi connectivity index (χ0n) is 16.0. The molecule has 4 heteroatoms. The van der Waals surface area contributed by atoms with E-state index in [0.29, 0.717) is 0 Å². The summed E-state index contributed by atoms with van der Waals surface area (Å²) in [5, 5.41) is 20.7. The Balaban J connectivity index is 1.43. The number of aliphatic hydroxyl groups excluding tert-OH is 1. The standard InChI is InChI=1S/C23H32O3S/c24-18(16-17-8-4-3-5-9-17)12-13-20-19(21-14-15-22(20)27-21)10-6-1-2-7-11-23(25)26/h1,3-6,8-9,18-22,24H,2,7,10-16H2,(H,25,26)/b6-1-/t18?,19-,20+,21-,22+/m0/s1. The molecule has 2 heterocycles. The Morgan fingerprint density at radius 1 is 1.15 bits per heavy atom. The Labute approximate surface area is 167 Å². The molecule has 1 aromatic rings. The van der Waals surface area contributed by atoms with Crippen molar-refractivity contribution in [2.24, 2.45) is 11.8 Å². The highest BCUT2D eigenvalue weighted by molar-refractivity contribution is 8.01. The van der Waals surface area contributed by atoms with Gasteiger partial charge in [-0.1, -0.05) is 42.5 Å². The van der Waals surface area contributed by atoms with Crippen molar-refractivity contribution >= 4 is 17.7 Å². The normalized spacial score (nSPS) is 28.0. The van der Waals surface area contributed by atoms with Crippen molar-refractivity contribution in [3.05, 3.63) is 48.0 Å². The van der Waals surface area contributed by atoms with Gasteiger partial charge in [-0.2, -0.15) is 11.8 Å². The van der Waals surface area contributed by atoms with Gasteiger partial charge in [0.2, 0.25) is 0 Å². The Morgan fingerprint density at radius 2 is 1.89 bits per heavy atom. The summed E-state index contributed by atoms with van der Waals surface area (Å²) in [5.74, 6) is 0.748. The zero-order valence-corrected chi connectivity index (χ0v) is 16.8. The molecule has 0 amide bonds. The van der Waals surface area contributed by atoms with Crippen LogP contribution in [0.1, 0.15) is 56.9 Å². The van der Waals surface area contributed by atoms with Crippen molar-refractivity contribution in [2.75, 3.05) is 0 Å². The molecule has 2 aliphatic heterocycles. The van der Waals surface area contributed by atoms with Crippen molar-refractivity contribution in [3.8, 4) is 0 Å². The number of benzene rings is 1. The van der Waals surface area contributed by atoms with E-state index in [9.17, 15) is 9.90 Å². The van der Waals surface area contributed by atoms with Gasteiger partial charge in [0.15, 0.2) is 0 Å². The molecule has 0 aliphatic carbocycles. The quantitative estimate of drug-likeness (QED) is 0.410. The minimum atomic E-state index is -0.706. The van der Waals surface area contributed by atoms with Crippen LogP contribution in [0, 0.1) is 11.8 Å². The fourth-order valence-electron chi connectivity index (χ4n) is 4.71. The third kappa shape index (κ3) is 6.11. The number of hydrogen-bond acceptors (Lipinski definition) is 3. The number of carboxylic acids is 1. The summed E-state index contributed by atoms with van der Waals surface area (Å²) in [5.41, 5.74) is 1.22. The van der Waals surface area contributed by atoms with E-state index in [0.717, 1.165) is 60.9 Å². The largest absolute Gasteiger partial charge is 0.481 e. The number of carbonyl (C=O) groups is 1. The predicted molar refractivity (Wildman–Crippen MR) is 112 cm³/mol. The molecule has 148 valence electrons. The molecule has 5 atom stereocenters. The molecule has 0 saturated carbocycles.